The number of hydrogen-bond acceptors (Lipinski definition) is 9. The zero-order chi connectivity index (χ0) is 24.1. The van der Waals surface area contributed by atoms with E-state index in [4.69, 9.17) is 23.7 Å². The molecule has 9 nitrogen and oxygen atoms in total. The van der Waals surface area contributed by atoms with Crippen LogP contribution in [0, 0.1) is 6.10 Å². The van der Waals surface area contributed by atoms with Crippen molar-refractivity contribution in [3.8, 4) is 0 Å². The van der Waals surface area contributed by atoms with E-state index in [0.717, 1.165) is 0 Å². The van der Waals surface area contributed by atoms with Crippen LogP contribution in [0.1, 0.15) is 79.1 Å². The smallest absolute Gasteiger partial charge is 0.306 e. The van der Waals surface area contributed by atoms with Crippen LogP contribution in [-0.4, -0.2) is 64.8 Å². The van der Waals surface area contributed by atoms with Gasteiger partial charge in [-0.15, -0.1) is 6.10 Å². The van der Waals surface area contributed by atoms with Crippen LogP contribution in [0.15, 0.2) is 0 Å². The SMILES string of the molecule is CCCC(=O)OC[C@@H](OC(=O)CCC)[C-]1OC[C@@]([Si])(OC(=O)CCC)[C@H]1OC(=O)CCC.[Lr]. The van der Waals surface area contributed by atoms with Crippen molar-refractivity contribution in [2.75, 3.05) is 13.2 Å². The van der Waals surface area contributed by atoms with Crippen molar-refractivity contribution in [2.24, 2.45) is 0 Å². The van der Waals surface area contributed by atoms with E-state index >= 15 is 0 Å². The molecule has 11 heteroatoms. The molecule has 0 amide bonds. The van der Waals surface area contributed by atoms with E-state index in [-0.39, 0.29) is 45.0 Å². The monoisotopic (exact) mass is 732 g/mol. The quantitative estimate of drug-likeness (QED) is 0.115. The number of hydrogen-bond donors (Lipinski definition) is 0. The van der Waals surface area contributed by atoms with Gasteiger partial charge in [-0.3, -0.25) is 19.2 Å². The molecule has 4 radical (unpaired) electrons. The van der Waals surface area contributed by atoms with E-state index in [1.165, 1.54) is 0 Å². The second-order valence-electron chi connectivity index (χ2n) is 7.59. The van der Waals surface area contributed by atoms with Crippen molar-refractivity contribution in [3.05, 3.63) is 6.10 Å². The van der Waals surface area contributed by atoms with Crippen molar-refractivity contribution in [3.63, 3.8) is 0 Å². The van der Waals surface area contributed by atoms with Crippen molar-refractivity contribution in [1.29, 1.82) is 0 Å². The summed E-state index contributed by atoms with van der Waals surface area (Å²) >= 11 is 0. The summed E-state index contributed by atoms with van der Waals surface area (Å²) in [6.45, 7) is 6.82. The summed E-state index contributed by atoms with van der Waals surface area (Å²) in [6.07, 6.45) is 0.669. The maximum atomic E-state index is 12.3. The second kappa shape index (κ2) is 15.0. The second-order valence-corrected chi connectivity index (χ2v) is 8.43. The molecule has 0 unspecified atom stereocenters. The molecule has 1 saturated heterocycles. The summed E-state index contributed by atoms with van der Waals surface area (Å²) < 4.78 is 27.6. The van der Waals surface area contributed by atoms with E-state index in [2.05, 4.69) is 10.2 Å². The number of rotatable bonds is 14. The molecule has 0 aromatic carbocycles. The van der Waals surface area contributed by atoms with Crippen LogP contribution in [0.2, 0.25) is 0 Å². The average Bonchev–Trinajstić information content (AvgIpc) is 3.01. The minimum Gasteiger partial charge on any atom is -0.539 e. The predicted molar refractivity (Wildman–Crippen MR) is 114 cm³/mol. The fourth-order valence-corrected chi connectivity index (χ4v) is 3.35. The van der Waals surface area contributed by atoms with Gasteiger partial charge in [-0.2, -0.15) is 0 Å². The zero-order valence-electron chi connectivity index (χ0n) is 19.7. The Balaban J connectivity index is 0.0000102. The van der Waals surface area contributed by atoms with Crippen LogP contribution in [-0.2, 0) is 42.9 Å². The van der Waals surface area contributed by atoms with Crippen molar-refractivity contribution in [2.45, 2.75) is 96.5 Å². The topological polar surface area (TPSA) is 114 Å². The Morgan fingerprint density at radius 1 is 0.909 bits per heavy atom. The maximum absolute atomic E-state index is 12.3. The molecule has 33 heavy (non-hydrogen) atoms. The van der Waals surface area contributed by atoms with E-state index in [9.17, 15) is 19.2 Å². The molecule has 1 heterocycles. The third-order valence-electron chi connectivity index (χ3n) is 4.48. The molecular weight excluding hydrogens is 698 g/mol. The molecule has 1 aliphatic heterocycles. The first-order chi connectivity index (χ1) is 15.2. The predicted octanol–water partition coefficient (Wildman–Crippen LogP) is 2.52. The van der Waals surface area contributed by atoms with Gasteiger partial charge in [-0.05, 0) is 25.7 Å². The van der Waals surface area contributed by atoms with Crippen LogP contribution in [0.25, 0.3) is 0 Å². The van der Waals surface area contributed by atoms with Gasteiger partial charge in [-0.25, -0.2) is 0 Å². The van der Waals surface area contributed by atoms with Crippen LogP contribution in [0.4, 0.5) is 0 Å². The molecule has 0 aliphatic carbocycles. The van der Waals surface area contributed by atoms with Crippen LogP contribution < -0.4 is 0 Å². The maximum Gasteiger partial charge on any atom is 0.306 e. The van der Waals surface area contributed by atoms with Gasteiger partial charge in [0.1, 0.15) is 11.8 Å². The van der Waals surface area contributed by atoms with Crippen molar-refractivity contribution in [1.82, 2.24) is 0 Å². The Bertz CT molecular complexity index is 645. The molecule has 3 atom stereocenters. The van der Waals surface area contributed by atoms with E-state index in [1.807, 2.05) is 27.7 Å². The van der Waals surface area contributed by atoms with Crippen LogP contribution >= 0.6 is 0 Å². The first-order valence-electron chi connectivity index (χ1n) is 11.2. The summed E-state index contributed by atoms with van der Waals surface area (Å²) in [6, 6.07) is 0. The van der Waals surface area contributed by atoms with Crippen molar-refractivity contribution >= 4 is 34.1 Å². The molecule has 1 fully saturated rings. The number of carbonyl (C=O) groups is 4. The van der Waals surface area contributed by atoms with Crippen LogP contribution in [0.3, 0.4) is 0 Å². The zero-order valence-corrected chi connectivity index (χ0v) is 22.8. The van der Waals surface area contributed by atoms with E-state index in [0.29, 0.717) is 25.7 Å². The third kappa shape index (κ3) is 9.61. The minimum absolute atomic E-state index is 0. The standard InChI is InChI=1S/C22H34O9Si.Lr/c1-5-9-16(23)27-13-15(29-17(24)10-6-2)20-21(30-18(25)11-7-3)22(32,14-28-20)31-19(26)12-8-4;/h15,21H,5-14H2,1-4H3;/q-1;/t15-,21+,22+;/m1./s1. The first-order valence-corrected chi connectivity index (χ1v) is 11.7. The molecule has 0 bridgehead atoms. The molecule has 0 aromatic rings. The molecule has 0 aromatic heterocycles. The normalized spacial score (nSPS) is 20.9. The van der Waals surface area contributed by atoms with Gasteiger partial charge in [0.15, 0.2) is 0 Å². The Kier molecular flexibility index (Phi) is 13.7. The minimum atomic E-state index is -1.49. The number of carbonyl (C=O) groups excluding carboxylic acids is 4. The summed E-state index contributed by atoms with van der Waals surface area (Å²) in [4.78, 5) is 48.6. The van der Waals surface area contributed by atoms with Gasteiger partial charge in [0, 0.05) is 44.5 Å². The van der Waals surface area contributed by atoms with Crippen molar-refractivity contribution < 1.29 is 42.9 Å². The Morgan fingerprint density at radius 2 is 1.42 bits per heavy atom. The average molecular weight is 733 g/mol. The van der Waals surface area contributed by atoms with E-state index in [1.54, 1.807) is 0 Å². The molecule has 0 spiro atoms. The summed E-state index contributed by atoms with van der Waals surface area (Å²) in [7, 11) is 3.42. The first kappa shape index (κ1) is 30.1. The molecule has 0 N–H and O–H groups in total. The van der Waals surface area contributed by atoms with Gasteiger partial charge < -0.3 is 23.7 Å². The van der Waals surface area contributed by atoms with Crippen LogP contribution in [0.5, 0.6) is 0 Å². The Morgan fingerprint density at radius 3 is 2.00 bits per heavy atom. The third-order valence-corrected chi connectivity index (χ3v) is 4.99. The Hall–Kier alpha value is -2.94. The number of ether oxygens (including phenoxy) is 5. The molecule has 196 valence electrons. The van der Waals surface area contributed by atoms with Gasteiger partial charge in [0.2, 0.25) is 0 Å². The summed E-state index contributed by atoms with van der Waals surface area (Å²) in [5.41, 5.74) is 0. The van der Waals surface area contributed by atoms with Gasteiger partial charge in [0.25, 0.3) is 0 Å². The fraction of sp³-hybridized carbons (Fsp3) is 0.773. The summed E-state index contributed by atoms with van der Waals surface area (Å²) in [5, 5.41) is -1.49. The van der Waals surface area contributed by atoms with Gasteiger partial charge in [-0.1, -0.05) is 27.7 Å². The molecule has 1 aliphatic rings. The van der Waals surface area contributed by atoms with Gasteiger partial charge in [0.05, 0.1) is 10.2 Å². The number of esters is 4. The Labute approximate surface area is 193 Å². The summed E-state index contributed by atoms with van der Waals surface area (Å²) in [5.74, 6) is -2.01. The molecular formula is C22H34LrO9Si-. The largest absolute Gasteiger partial charge is 0.539 e. The fourth-order valence-electron chi connectivity index (χ4n) is 2.96. The van der Waals surface area contributed by atoms with Gasteiger partial charge >= 0.3 is 23.9 Å². The van der Waals surface area contributed by atoms with E-state index < -0.39 is 41.3 Å². The molecule has 1 rings (SSSR count). The molecule has 0 saturated carbocycles.